The molecule has 5 rings (SSSR count). The number of aromatic nitrogens is 5. The molecule has 3 aromatic heterocycles. The summed E-state index contributed by atoms with van der Waals surface area (Å²) in [5.41, 5.74) is 3.57. The highest BCUT2D eigenvalue weighted by Crippen LogP contribution is 2.33. The Labute approximate surface area is 197 Å². The number of nitrogens with zero attached hydrogens (tertiary/aromatic N) is 6. The van der Waals surface area contributed by atoms with Crippen LogP contribution < -0.4 is 5.32 Å². The van der Waals surface area contributed by atoms with Gasteiger partial charge in [-0.2, -0.15) is 0 Å². The van der Waals surface area contributed by atoms with Crippen molar-refractivity contribution in [3.05, 3.63) is 77.9 Å². The molecular formula is C25H28FN7O. The van der Waals surface area contributed by atoms with Gasteiger partial charge in [-0.15, -0.1) is 0 Å². The lowest BCUT2D eigenvalue weighted by atomic mass is 10.2. The molecule has 8 nitrogen and oxygen atoms in total. The number of imidazole rings is 1. The minimum Gasteiger partial charge on any atom is -0.383 e. The number of nitrogens with one attached hydrogen (secondary N) is 1. The van der Waals surface area contributed by atoms with Gasteiger partial charge >= 0.3 is 0 Å². The number of methoxy groups -OCH3 is 1. The van der Waals surface area contributed by atoms with Crippen LogP contribution in [0.15, 0.2) is 55.1 Å². The van der Waals surface area contributed by atoms with Crippen LogP contribution in [0.1, 0.15) is 35.8 Å². The minimum absolute atomic E-state index is 0.0377. The van der Waals surface area contributed by atoms with E-state index in [4.69, 9.17) is 14.7 Å². The van der Waals surface area contributed by atoms with Crippen LogP contribution in [0, 0.1) is 5.82 Å². The van der Waals surface area contributed by atoms with E-state index in [1.165, 1.54) is 11.8 Å². The van der Waals surface area contributed by atoms with Gasteiger partial charge in [0.05, 0.1) is 31.7 Å². The molecule has 1 atom stereocenters. The predicted octanol–water partition coefficient (Wildman–Crippen LogP) is 3.80. The van der Waals surface area contributed by atoms with Gasteiger partial charge in [0.25, 0.3) is 0 Å². The maximum atomic E-state index is 13.7. The average Bonchev–Trinajstić information content (AvgIpc) is 3.47. The Morgan fingerprint density at radius 1 is 1.12 bits per heavy atom. The molecule has 1 aromatic carbocycles. The number of benzene rings is 1. The molecule has 0 radical (unpaired) electrons. The van der Waals surface area contributed by atoms with Crippen LogP contribution in [0.25, 0.3) is 11.2 Å². The summed E-state index contributed by atoms with van der Waals surface area (Å²) in [6.45, 7) is 3.37. The molecule has 4 heterocycles. The zero-order valence-corrected chi connectivity index (χ0v) is 19.2. The van der Waals surface area contributed by atoms with Crippen molar-refractivity contribution in [3.63, 3.8) is 0 Å². The van der Waals surface area contributed by atoms with Crippen LogP contribution in [-0.2, 0) is 17.8 Å². The van der Waals surface area contributed by atoms with E-state index in [0.29, 0.717) is 32.1 Å². The number of ether oxygens (including phenoxy) is 1. The molecule has 176 valence electrons. The first-order valence-corrected chi connectivity index (χ1v) is 11.5. The SMILES string of the molecule is COCCNc1nc(C2CCCN2Cc2cncc(F)c2)nc2c1ncn2Cc1ccccc1. The Balaban J connectivity index is 1.49. The first kappa shape index (κ1) is 22.4. The van der Waals surface area contributed by atoms with Crippen molar-refractivity contribution < 1.29 is 9.13 Å². The highest BCUT2D eigenvalue weighted by Gasteiger charge is 2.30. The second kappa shape index (κ2) is 10.2. The van der Waals surface area contributed by atoms with Crippen molar-refractivity contribution >= 4 is 17.0 Å². The van der Waals surface area contributed by atoms with Crippen LogP contribution in [0.4, 0.5) is 10.2 Å². The second-order valence-electron chi connectivity index (χ2n) is 8.52. The summed E-state index contributed by atoms with van der Waals surface area (Å²) in [6.07, 6.45) is 6.74. The maximum Gasteiger partial charge on any atom is 0.166 e. The molecule has 1 aliphatic heterocycles. The number of fused-ring (bicyclic) bond motifs is 1. The zero-order chi connectivity index (χ0) is 23.3. The van der Waals surface area contributed by atoms with E-state index in [0.717, 1.165) is 41.9 Å². The predicted molar refractivity (Wildman–Crippen MR) is 128 cm³/mol. The van der Waals surface area contributed by atoms with Gasteiger partial charge in [-0.25, -0.2) is 19.3 Å². The average molecular weight is 462 g/mol. The summed E-state index contributed by atoms with van der Waals surface area (Å²) in [5.74, 6) is 1.15. The number of hydrogen-bond donors (Lipinski definition) is 1. The van der Waals surface area contributed by atoms with Gasteiger partial charge in [0.1, 0.15) is 17.2 Å². The Hall–Kier alpha value is -3.43. The molecule has 1 unspecified atom stereocenters. The van der Waals surface area contributed by atoms with E-state index in [2.05, 4.69) is 36.9 Å². The van der Waals surface area contributed by atoms with Crippen LogP contribution in [0.5, 0.6) is 0 Å². The maximum absolute atomic E-state index is 13.7. The fourth-order valence-corrected chi connectivity index (χ4v) is 4.49. The number of anilines is 1. The van der Waals surface area contributed by atoms with Crippen LogP contribution >= 0.6 is 0 Å². The topological polar surface area (TPSA) is 81.0 Å². The van der Waals surface area contributed by atoms with Gasteiger partial charge in [-0.1, -0.05) is 30.3 Å². The molecule has 1 fully saturated rings. The molecule has 0 spiro atoms. The standard InChI is InChI=1S/C25H28FN7O/c1-34-11-9-28-24-22-25(33(17-29-22)15-18-6-3-2-4-7-18)31-23(30-24)21-8-5-10-32(21)16-19-12-20(26)14-27-13-19/h2-4,6-7,12-14,17,21H,5,8-11,15-16H2,1H3,(H,28,30,31). The molecule has 9 heteroatoms. The number of likely N-dealkylation sites (tertiary alicyclic amines) is 1. The van der Waals surface area contributed by atoms with E-state index in [1.54, 1.807) is 19.4 Å². The van der Waals surface area contributed by atoms with Crippen molar-refractivity contribution in [2.24, 2.45) is 0 Å². The van der Waals surface area contributed by atoms with Crippen LogP contribution in [-0.4, -0.2) is 56.2 Å². The summed E-state index contributed by atoms with van der Waals surface area (Å²) in [6, 6.07) is 11.8. The van der Waals surface area contributed by atoms with E-state index < -0.39 is 0 Å². The number of pyridine rings is 1. The van der Waals surface area contributed by atoms with Gasteiger partial charge in [-0.3, -0.25) is 9.88 Å². The van der Waals surface area contributed by atoms with E-state index in [-0.39, 0.29) is 11.9 Å². The van der Waals surface area contributed by atoms with E-state index >= 15 is 0 Å². The Kier molecular flexibility index (Phi) is 6.73. The quantitative estimate of drug-likeness (QED) is 0.380. The number of rotatable bonds is 9. The molecule has 4 aromatic rings. The smallest absolute Gasteiger partial charge is 0.166 e. The van der Waals surface area contributed by atoms with Crippen molar-refractivity contribution in [2.75, 3.05) is 32.1 Å². The summed E-state index contributed by atoms with van der Waals surface area (Å²) >= 11 is 0. The van der Waals surface area contributed by atoms with Gasteiger partial charge in [0.2, 0.25) is 0 Å². The highest BCUT2D eigenvalue weighted by molar-refractivity contribution is 5.83. The van der Waals surface area contributed by atoms with E-state index in [9.17, 15) is 4.39 Å². The second-order valence-corrected chi connectivity index (χ2v) is 8.52. The van der Waals surface area contributed by atoms with Crippen molar-refractivity contribution in [1.82, 2.24) is 29.4 Å². The lowest BCUT2D eigenvalue weighted by Gasteiger charge is -2.24. The molecule has 0 aliphatic carbocycles. The highest BCUT2D eigenvalue weighted by atomic mass is 19.1. The summed E-state index contributed by atoms with van der Waals surface area (Å²) in [5, 5.41) is 3.37. The first-order valence-electron chi connectivity index (χ1n) is 11.5. The zero-order valence-electron chi connectivity index (χ0n) is 19.2. The van der Waals surface area contributed by atoms with E-state index in [1.807, 2.05) is 24.5 Å². The Morgan fingerprint density at radius 2 is 2.00 bits per heavy atom. The lowest BCUT2D eigenvalue weighted by molar-refractivity contribution is 0.210. The largest absolute Gasteiger partial charge is 0.383 e. The van der Waals surface area contributed by atoms with Crippen molar-refractivity contribution in [1.29, 1.82) is 0 Å². The molecular weight excluding hydrogens is 433 g/mol. The molecule has 1 aliphatic rings. The molecule has 0 saturated carbocycles. The van der Waals surface area contributed by atoms with Gasteiger partial charge < -0.3 is 14.6 Å². The first-order chi connectivity index (χ1) is 16.7. The van der Waals surface area contributed by atoms with Gasteiger partial charge in [0, 0.05) is 26.4 Å². The summed E-state index contributed by atoms with van der Waals surface area (Å²) in [7, 11) is 1.68. The Bertz CT molecular complexity index is 1250. The van der Waals surface area contributed by atoms with Crippen molar-refractivity contribution in [3.8, 4) is 0 Å². The molecule has 1 saturated heterocycles. The summed E-state index contributed by atoms with van der Waals surface area (Å²) < 4.78 is 21.0. The van der Waals surface area contributed by atoms with Gasteiger partial charge in [0.15, 0.2) is 11.5 Å². The molecule has 34 heavy (non-hydrogen) atoms. The normalized spacial score (nSPS) is 16.4. The monoisotopic (exact) mass is 461 g/mol. The lowest BCUT2D eigenvalue weighted by Crippen LogP contribution is -2.25. The third kappa shape index (κ3) is 4.90. The fraction of sp³-hybridized carbons (Fsp3) is 0.360. The number of halogens is 1. The minimum atomic E-state index is -0.319. The Morgan fingerprint density at radius 3 is 2.82 bits per heavy atom. The van der Waals surface area contributed by atoms with Crippen molar-refractivity contribution in [2.45, 2.75) is 32.0 Å². The fourth-order valence-electron chi connectivity index (χ4n) is 4.49. The molecule has 0 bridgehead atoms. The number of hydrogen-bond acceptors (Lipinski definition) is 7. The molecule has 1 N–H and O–H groups in total. The van der Waals surface area contributed by atoms with Crippen LogP contribution in [0.3, 0.4) is 0 Å². The van der Waals surface area contributed by atoms with Crippen LogP contribution in [0.2, 0.25) is 0 Å². The third-order valence-electron chi connectivity index (χ3n) is 6.08. The van der Waals surface area contributed by atoms with Gasteiger partial charge in [-0.05, 0) is 36.6 Å². The summed E-state index contributed by atoms with van der Waals surface area (Å²) in [4.78, 5) is 20.8. The molecule has 0 amide bonds. The third-order valence-corrected chi connectivity index (χ3v) is 6.08.